The number of nitrogens with one attached hydrogen (secondary N) is 2. The Kier molecular flexibility index (Phi) is 16.2. The molecule has 25 heavy (non-hydrogen) atoms. The summed E-state index contributed by atoms with van der Waals surface area (Å²) in [7, 11) is 0. The first-order valence-electron chi connectivity index (χ1n) is 8.40. The van der Waals surface area contributed by atoms with E-state index < -0.39 is 0 Å². The molecular weight excluding hydrogens is 332 g/mol. The van der Waals surface area contributed by atoms with E-state index in [1.165, 1.54) is 6.92 Å². The van der Waals surface area contributed by atoms with Crippen molar-refractivity contribution in [2.24, 2.45) is 0 Å². The maximum atomic E-state index is 11.5. The fourth-order valence-corrected chi connectivity index (χ4v) is 1.52. The number of rotatable bonds is 17. The van der Waals surface area contributed by atoms with Crippen molar-refractivity contribution in [2.45, 2.75) is 20.3 Å². The number of amides is 2. The van der Waals surface area contributed by atoms with Crippen LogP contribution in [-0.2, 0) is 33.3 Å². The average Bonchev–Trinajstić information content (AvgIpc) is 2.58. The summed E-state index contributed by atoms with van der Waals surface area (Å²) in [6.07, 6.45) is 0.455. The Morgan fingerprint density at radius 1 is 0.680 bits per heavy atom. The third-order valence-electron chi connectivity index (χ3n) is 2.74. The summed E-state index contributed by atoms with van der Waals surface area (Å²) in [6.45, 7) is 6.29. The van der Waals surface area contributed by atoms with Crippen LogP contribution in [0.1, 0.15) is 20.3 Å². The number of ketones is 1. The predicted molar refractivity (Wildman–Crippen MR) is 90.3 cm³/mol. The second-order valence-corrected chi connectivity index (χ2v) is 5.09. The molecule has 2 amide bonds. The maximum Gasteiger partial charge on any atom is 0.246 e. The lowest BCUT2D eigenvalue weighted by Gasteiger charge is -2.08. The van der Waals surface area contributed by atoms with Gasteiger partial charge in [-0.25, -0.2) is 0 Å². The van der Waals surface area contributed by atoms with Gasteiger partial charge in [0.25, 0.3) is 0 Å². The zero-order chi connectivity index (χ0) is 18.8. The number of hydrogen-bond acceptors (Lipinski definition) is 7. The highest BCUT2D eigenvalue weighted by Gasteiger charge is 2.01. The maximum absolute atomic E-state index is 11.5. The summed E-state index contributed by atoms with van der Waals surface area (Å²) < 4.78 is 20.7. The van der Waals surface area contributed by atoms with E-state index >= 15 is 0 Å². The van der Waals surface area contributed by atoms with Gasteiger partial charge < -0.3 is 29.6 Å². The molecule has 0 bridgehead atoms. The summed E-state index contributed by atoms with van der Waals surface area (Å²) in [5.74, 6) is -0.267. The van der Waals surface area contributed by atoms with Crippen LogP contribution in [0.3, 0.4) is 0 Å². The molecule has 0 aliphatic heterocycles. The van der Waals surface area contributed by atoms with Gasteiger partial charge in [0.05, 0.1) is 39.6 Å². The molecule has 0 heterocycles. The summed E-state index contributed by atoms with van der Waals surface area (Å²) in [5, 5.41) is 5.34. The van der Waals surface area contributed by atoms with Crippen molar-refractivity contribution in [1.29, 1.82) is 0 Å². The van der Waals surface area contributed by atoms with E-state index in [1.54, 1.807) is 6.92 Å². The van der Waals surface area contributed by atoms with Crippen LogP contribution in [0.25, 0.3) is 0 Å². The van der Waals surface area contributed by atoms with Crippen LogP contribution in [-0.4, -0.2) is 83.5 Å². The van der Waals surface area contributed by atoms with Gasteiger partial charge in [-0.3, -0.25) is 14.4 Å². The van der Waals surface area contributed by atoms with Crippen molar-refractivity contribution < 1.29 is 33.3 Å². The first-order chi connectivity index (χ1) is 12.1. The normalized spacial score (nSPS) is 10.5. The van der Waals surface area contributed by atoms with E-state index in [1.807, 2.05) is 0 Å². The van der Waals surface area contributed by atoms with E-state index in [0.717, 1.165) is 0 Å². The first-order valence-corrected chi connectivity index (χ1v) is 8.40. The highest BCUT2D eigenvalue weighted by Crippen LogP contribution is 1.82. The average molecular weight is 362 g/mol. The van der Waals surface area contributed by atoms with Crippen LogP contribution >= 0.6 is 0 Å². The van der Waals surface area contributed by atoms with Gasteiger partial charge in [-0.05, 0) is 6.92 Å². The van der Waals surface area contributed by atoms with Crippen molar-refractivity contribution in [2.75, 3.05) is 65.9 Å². The summed E-state index contributed by atoms with van der Waals surface area (Å²) in [5.41, 5.74) is 0. The standard InChI is InChI=1S/C16H30N2O7/c1-3-15(20)17-4-6-22-9-11-25-13-16(21)18-5-7-23-8-10-24-12-14(2)19/h3-13H2,1-2H3,(H,17,20)(H,18,21). The van der Waals surface area contributed by atoms with Crippen LogP contribution < -0.4 is 10.6 Å². The van der Waals surface area contributed by atoms with Gasteiger partial charge >= 0.3 is 0 Å². The minimum absolute atomic E-state index is 0.0101. The molecule has 0 spiro atoms. The smallest absolute Gasteiger partial charge is 0.246 e. The molecule has 0 aromatic rings. The Bertz CT molecular complexity index is 377. The van der Waals surface area contributed by atoms with Crippen molar-refractivity contribution in [1.82, 2.24) is 10.6 Å². The first kappa shape index (κ1) is 23.4. The zero-order valence-electron chi connectivity index (χ0n) is 15.1. The largest absolute Gasteiger partial charge is 0.377 e. The molecule has 0 aromatic carbocycles. The van der Waals surface area contributed by atoms with Gasteiger partial charge in [0.2, 0.25) is 11.8 Å². The van der Waals surface area contributed by atoms with Gasteiger partial charge in [0, 0.05) is 19.5 Å². The highest BCUT2D eigenvalue weighted by molar-refractivity contribution is 5.77. The molecule has 9 heteroatoms. The van der Waals surface area contributed by atoms with Crippen LogP contribution in [0.2, 0.25) is 0 Å². The predicted octanol–water partition coefficient (Wildman–Crippen LogP) is -0.716. The van der Waals surface area contributed by atoms with Gasteiger partial charge in [-0.15, -0.1) is 0 Å². The van der Waals surface area contributed by atoms with Crippen molar-refractivity contribution in [3.63, 3.8) is 0 Å². The molecule has 0 aliphatic rings. The number of Topliss-reactive ketones (excluding diaryl/α,β-unsaturated/α-hetero) is 1. The van der Waals surface area contributed by atoms with Crippen LogP contribution in [0.15, 0.2) is 0 Å². The fourth-order valence-electron chi connectivity index (χ4n) is 1.52. The lowest BCUT2D eigenvalue weighted by atomic mass is 10.4. The number of carbonyl (C=O) groups excluding carboxylic acids is 3. The van der Waals surface area contributed by atoms with Crippen molar-refractivity contribution in [3.8, 4) is 0 Å². The third kappa shape index (κ3) is 18.6. The van der Waals surface area contributed by atoms with Crippen LogP contribution in [0.4, 0.5) is 0 Å². The molecule has 0 radical (unpaired) electrons. The van der Waals surface area contributed by atoms with E-state index in [2.05, 4.69) is 10.6 Å². The molecule has 0 fully saturated rings. The lowest BCUT2D eigenvalue weighted by molar-refractivity contribution is -0.127. The molecule has 146 valence electrons. The monoisotopic (exact) mass is 362 g/mol. The minimum Gasteiger partial charge on any atom is -0.377 e. The Balaban J connectivity index is 3.23. The second-order valence-electron chi connectivity index (χ2n) is 5.09. The topological polar surface area (TPSA) is 112 Å². The summed E-state index contributed by atoms with van der Waals surface area (Å²) in [4.78, 5) is 33.0. The van der Waals surface area contributed by atoms with Gasteiger partial charge in [-0.2, -0.15) is 0 Å². The van der Waals surface area contributed by atoms with E-state index in [4.69, 9.17) is 18.9 Å². The number of hydrogen-bond donors (Lipinski definition) is 2. The zero-order valence-corrected chi connectivity index (χ0v) is 15.1. The van der Waals surface area contributed by atoms with Gasteiger partial charge in [0.15, 0.2) is 5.78 Å². The van der Waals surface area contributed by atoms with Crippen LogP contribution in [0.5, 0.6) is 0 Å². The Morgan fingerprint density at radius 2 is 1.16 bits per heavy atom. The lowest BCUT2D eigenvalue weighted by Crippen LogP contribution is -2.31. The molecule has 0 atom stereocenters. The Morgan fingerprint density at radius 3 is 1.68 bits per heavy atom. The van der Waals surface area contributed by atoms with E-state index in [-0.39, 0.29) is 30.8 Å². The summed E-state index contributed by atoms with van der Waals surface area (Å²) in [6, 6.07) is 0. The highest BCUT2D eigenvalue weighted by atomic mass is 16.5. The second kappa shape index (κ2) is 17.3. The molecule has 0 aromatic heterocycles. The molecule has 0 rings (SSSR count). The van der Waals surface area contributed by atoms with Crippen LogP contribution in [0, 0.1) is 0 Å². The SMILES string of the molecule is CCC(=O)NCCOCCOCC(=O)NCCOCCOCC(C)=O. The Hall–Kier alpha value is -1.55. The number of carbonyl (C=O) groups is 3. The molecule has 2 N–H and O–H groups in total. The third-order valence-corrected chi connectivity index (χ3v) is 2.74. The van der Waals surface area contributed by atoms with Crippen molar-refractivity contribution >= 4 is 17.6 Å². The molecule has 0 saturated carbocycles. The van der Waals surface area contributed by atoms with E-state index in [9.17, 15) is 14.4 Å². The number of ether oxygens (including phenoxy) is 4. The Labute approximate surface area is 148 Å². The molecule has 0 aliphatic carbocycles. The molecule has 9 nitrogen and oxygen atoms in total. The van der Waals surface area contributed by atoms with Crippen molar-refractivity contribution in [3.05, 3.63) is 0 Å². The molecule has 0 saturated heterocycles. The quantitative estimate of drug-likeness (QED) is 0.329. The fraction of sp³-hybridized carbons (Fsp3) is 0.812. The van der Waals surface area contributed by atoms with Gasteiger partial charge in [0.1, 0.15) is 13.2 Å². The van der Waals surface area contributed by atoms with E-state index in [0.29, 0.717) is 59.2 Å². The van der Waals surface area contributed by atoms with Gasteiger partial charge in [-0.1, -0.05) is 6.92 Å². The molecule has 0 unspecified atom stereocenters. The minimum atomic E-state index is -0.230. The summed E-state index contributed by atoms with van der Waals surface area (Å²) >= 11 is 0. The molecular formula is C16H30N2O7.